The zero-order valence-corrected chi connectivity index (χ0v) is 25.0. The van der Waals surface area contributed by atoms with Crippen LogP contribution in [0.5, 0.6) is 0 Å². The molecule has 0 aliphatic rings. The molecule has 5 aromatic rings. The van der Waals surface area contributed by atoms with Gasteiger partial charge in [0.15, 0.2) is 11.0 Å². The third-order valence-corrected chi connectivity index (χ3v) is 8.31. The molecule has 0 radical (unpaired) electrons. The first-order valence-electron chi connectivity index (χ1n) is 13.1. The van der Waals surface area contributed by atoms with Crippen molar-refractivity contribution < 1.29 is 4.79 Å². The van der Waals surface area contributed by atoms with Crippen LogP contribution in [0.25, 0.3) is 5.69 Å². The van der Waals surface area contributed by atoms with Crippen molar-refractivity contribution in [1.82, 2.24) is 20.1 Å². The van der Waals surface area contributed by atoms with Crippen molar-refractivity contribution in [2.24, 2.45) is 0 Å². The minimum Gasteiger partial charge on any atom is -0.327 e. The summed E-state index contributed by atoms with van der Waals surface area (Å²) in [5.74, 6) is 1.25. The minimum atomic E-state index is -0.521. The van der Waals surface area contributed by atoms with Crippen LogP contribution in [0.4, 0.5) is 10.5 Å². The number of nitrogens with zero attached hydrogens (tertiary/aromatic N) is 3. The van der Waals surface area contributed by atoms with Crippen molar-refractivity contribution in [3.63, 3.8) is 0 Å². The van der Waals surface area contributed by atoms with Crippen molar-refractivity contribution in [3.05, 3.63) is 135 Å². The van der Waals surface area contributed by atoms with Crippen molar-refractivity contribution in [2.45, 2.75) is 37.2 Å². The summed E-state index contributed by atoms with van der Waals surface area (Å²) < 4.78 is 1.91. The lowest BCUT2D eigenvalue weighted by Crippen LogP contribution is -2.35. The standard InChI is InChI=1S/C32H29Cl2N5OS/c1-21-10-9-15-27(22(21)2)35-31(40)36-28(18-23-11-5-3-6-12-23)30-37-38-32(41-20-24-13-7-4-8-14-24)39(30)29-17-16-25(33)19-26(29)34/h3-17,19,28H,18,20H2,1-2H3,(H2,35,36,40). The molecule has 0 saturated heterocycles. The van der Waals surface area contributed by atoms with E-state index in [1.165, 1.54) is 0 Å². The van der Waals surface area contributed by atoms with Crippen LogP contribution < -0.4 is 10.6 Å². The van der Waals surface area contributed by atoms with Crippen LogP contribution in [0, 0.1) is 13.8 Å². The molecule has 5 rings (SSSR count). The van der Waals surface area contributed by atoms with Gasteiger partial charge in [0.2, 0.25) is 0 Å². The lowest BCUT2D eigenvalue weighted by atomic mass is 10.1. The first kappa shape index (κ1) is 28.7. The molecule has 2 N–H and O–H groups in total. The summed E-state index contributed by atoms with van der Waals surface area (Å²) in [6.45, 7) is 4.01. The molecule has 0 aliphatic heterocycles. The molecule has 6 nitrogen and oxygen atoms in total. The molecule has 0 spiro atoms. The Morgan fingerprint density at radius 3 is 2.29 bits per heavy atom. The molecule has 1 atom stereocenters. The summed E-state index contributed by atoms with van der Waals surface area (Å²) in [7, 11) is 0. The number of rotatable bonds is 9. The van der Waals surface area contributed by atoms with Gasteiger partial charge in [-0.1, -0.05) is 108 Å². The number of hydrogen-bond donors (Lipinski definition) is 2. The smallest absolute Gasteiger partial charge is 0.319 e. The van der Waals surface area contributed by atoms with Crippen LogP contribution in [0.15, 0.2) is 102 Å². The van der Waals surface area contributed by atoms with Crippen LogP contribution in [0.2, 0.25) is 10.0 Å². The fourth-order valence-corrected chi connectivity index (χ4v) is 5.87. The van der Waals surface area contributed by atoms with Crippen LogP contribution >= 0.6 is 35.0 Å². The number of carbonyl (C=O) groups is 1. The average Bonchev–Trinajstić information content (AvgIpc) is 3.39. The van der Waals surface area contributed by atoms with Gasteiger partial charge >= 0.3 is 6.03 Å². The van der Waals surface area contributed by atoms with E-state index in [2.05, 4.69) is 33.0 Å². The Morgan fingerprint density at radius 1 is 0.878 bits per heavy atom. The monoisotopic (exact) mass is 601 g/mol. The molecule has 1 unspecified atom stereocenters. The number of nitrogens with one attached hydrogen (secondary N) is 2. The lowest BCUT2D eigenvalue weighted by molar-refractivity contribution is 0.247. The van der Waals surface area contributed by atoms with Crippen molar-refractivity contribution in [3.8, 4) is 5.69 Å². The zero-order chi connectivity index (χ0) is 28.8. The molecule has 0 bridgehead atoms. The van der Waals surface area contributed by atoms with Gasteiger partial charge in [0.25, 0.3) is 0 Å². The van der Waals surface area contributed by atoms with Gasteiger partial charge in [0.05, 0.1) is 16.8 Å². The normalized spacial score (nSPS) is 11.7. The molecule has 0 aliphatic carbocycles. The molecule has 2 amide bonds. The van der Waals surface area contributed by atoms with Crippen LogP contribution in [0.3, 0.4) is 0 Å². The SMILES string of the molecule is Cc1cccc(NC(=O)NC(Cc2ccccc2)c2nnc(SCc3ccccc3)n2-c2ccc(Cl)cc2Cl)c1C. The highest BCUT2D eigenvalue weighted by atomic mass is 35.5. The molecule has 4 aromatic carbocycles. The number of amides is 2. The number of benzene rings is 4. The van der Waals surface area contributed by atoms with E-state index in [0.29, 0.717) is 38.9 Å². The van der Waals surface area contributed by atoms with Gasteiger partial charge in [-0.05, 0) is 60.4 Å². The Balaban J connectivity index is 1.53. The van der Waals surface area contributed by atoms with Crippen LogP contribution in [-0.2, 0) is 12.2 Å². The number of halogens is 2. The molecule has 1 heterocycles. The average molecular weight is 603 g/mol. The van der Waals surface area contributed by atoms with Gasteiger partial charge in [-0.2, -0.15) is 0 Å². The maximum absolute atomic E-state index is 13.4. The zero-order valence-electron chi connectivity index (χ0n) is 22.6. The van der Waals surface area contributed by atoms with E-state index < -0.39 is 6.04 Å². The van der Waals surface area contributed by atoms with Crippen molar-refractivity contribution >= 4 is 46.7 Å². The second kappa shape index (κ2) is 13.3. The predicted molar refractivity (Wildman–Crippen MR) is 168 cm³/mol. The summed E-state index contributed by atoms with van der Waals surface area (Å²) in [5, 5.41) is 17.0. The van der Waals surface area contributed by atoms with Gasteiger partial charge in [-0.3, -0.25) is 4.57 Å². The quantitative estimate of drug-likeness (QED) is 0.166. The third-order valence-electron chi connectivity index (χ3n) is 6.77. The molecular formula is C32H29Cl2N5OS. The summed E-state index contributed by atoms with van der Waals surface area (Å²) in [6, 6.07) is 30.4. The fourth-order valence-electron chi connectivity index (χ4n) is 4.47. The van der Waals surface area contributed by atoms with E-state index in [4.69, 9.17) is 23.2 Å². The second-order valence-electron chi connectivity index (χ2n) is 9.63. The second-order valence-corrected chi connectivity index (χ2v) is 11.4. The van der Waals surface area contributed by atoms with Crippen LogP contribution in [-0.4, -0.2) is 20.8 Å². The Morgan fingerprint density at radius 2 is 1.59 bits per heavy atom. The van der Waals surface area contributed by atoms with E-state index in [9.17, 15) is 4.79 Å². The molecular weight excluding hydrogens is 573 g/mol. The summed E-state index contributed by atoms with van der Waals surface area (Å²) in [6.07, 6.45) is 0.494. The number of thioether (sulfide) groups is 1. The Hall–Kier alpha value is -3.78. The highest BCUT2D eigenvalue weighted by molar-refractivity contribution is 7.98. The van der Waals surface area contributed by atoms with E-state index in [0.717, 1.165) is 27.9 Å². The van der Waals surface area contributed by atoms with Gasteiger partial charge in [0.1, 0.15) is 0 Å². The topological polar surface area (TPSA) is 71.8 Å². The number of carbonyl (C=O) groups excluding carboxylic acids is 1. The van der Waals surface area contributed by atoms with Crippen molar-refractivity contribution in [1.29, 1.82) is 0 Å². The predicted octanol–water partition coefficient (Wildman–Crippen LogP) is 8.59. The van der Waals surface area contributed by atoms with Gasteiger partial charge in [-0.15, -0.1) is 10.2 Å². The number of aryl methyl sites for hydroxylation is 1. The number of hydrogen-bond acceptors (Lipinski definition) is 4. The van der Waals surface area contributed by atoms with Gasteiger partial charge < -0.3 is 10.6 Å². The summed E-state index contributed by atoms with van der Waals surface area (Å²) in [5.41, 5.74) is 5.74. The van der Waals surface area contributed by atoms with E-state index >= 15 is 0 Å². The maximum atomic E-state index is 13.4. The Bertz CT molecular complexity index is 1640. The van der Waals surface area contributed by atoms with Crippen molar-refractivity contribution in [2.75, 3.05) is 5.32 Å². The van der Waals surface area contributed by atoms with Gasteiger partial charge in [-0.25, -0.2) is 4.79 Å². The largest absolute Gasteiger partial charge is 0.327 e. The molecule has 208 valence electrons. The molecule has 41 heavy (non-hydrogen) atoms. The molecule has 1 aromatic heterocycles. The lowest BCUT2D eigenvalue weighted by Gasteiger charge is -2.21. The maximum Gasteiger partial charge on any atom is 0.319 e. The van der Waals surface area contributed by atoms with Gasteiger partial charge in [0, 0.05) is 22.9 Å². The Labute approximate surface area is 254 Å². The molecule has 0 fully saturated rings. The van der Waals surface area contributed by atoms with E-state index in [1.807, 2.05) is 91.2 Å². The Kier molecular flexibility index (Phi) is 9.29. The first-order chi connectivity index (χ1) is 19.9. The van der Waals surface area contributed by atoms with E-state index in [1.54, 1.807) is 23.9 Å². The summed E-state index contributed by atoms with van der Waals surface area (Å²) >= 11 is 14.5. The third kappa shape index (κ3) is 7.11. The summed E-state index contributed by atoms with van der Waals surface area (Å²) in [4.78, 5) is 13.4. The first-order valence-corrected chi connectivity index (χ1v) is 14.9. The molecule has 0 saturated carbocycles. The number of anilines is 1. The molecule has 9 heteroatoms. The number of aromatic nitrogens is 3. The highest BCUT2D eigenvalue weighted by Crippen LogP contribution is 2.33. The fraction of sp³-hybridized carbons (Fsp3) is 0.156. The van der Waals surface area contributed by atoms with E-state index in [-0.39, 0.29) is 6.03 Å². The van der Waals surface area contributed by atoms with Crippen LogP contribution in [0.1, 0.15) is 34.1 Å². The minimum absolute atomic E-state index is 0.338. The highest BCUT2D eigenvalue weighted by Gasteiger charge is 2.26. The number of urea groups is 1.